The first-order valence-corrected chi connectivity index (χ1v) is 34.4. The van der Waals surface area contributed by atoms with Crippen molar-refractivity contribution in [3.05, 3.63) is 109 Å². The molecule has 0 aliphatic heterocycles. The zero-order chi connectivity index (χ0) is 58.5. The molecule has 6 heteroatoms. The number of carbonyl (C=O) groups is 3. The van der Waals surface area contributed by atoms with Gasteiger partial charge >= 0.3 is 17.9 Å². The third-order valence-electron chi connectivity index (χ3n) is 14.7. The van der Waals surface area contributed by atoms with E-state index in [9.17, 15) is 14.4 Å². The standard InChI is InChI=1S/C75H128O6/c1-4-7-10-13-16-19-22-25-27-29-31-32-33-34-35-36-37-38-39-40-41-42-44-45-47-50-53-56-59-62-65-68-74(77)80-71-72(70-79-73(76)67-64-61-58-55-52-49-24-21-18-15-12-9-6-3)81-75(78)69-66-63-60-57-54-51-48-46-43-30-28-26-23-20-17-14-11-8-5-2/h7,9-10,12,16-21,25-28,31-32,49,52,72H,4-6,8,11,13-15,22-24,29-30,33-48,50-51,53-71H2,1-3H3/b10-7-,12-9-,19-16-,20-17-,21-18-,27-25-,28-26-,32-31-,52-49-. The van der Waals surface area contributed by atoms with Crippen LogP contribution >= 0.6 is 0 Å². The van der Waals surface area contributed by atoms with Crippen molar-refractivity contribution in [3.8, 4) is 0 Å². The summed E-state index contributed by atoms with van der Waals surface area (Å²) in [6, 6.07) is 0. The van der Waals surface area contributed by atoms with Gasteiger partial charge < -0.3 is 14.2 Å². The second-order valence-corrected chi connectivity index (χ2v) is 22.7. The van der Waals surface area contributed by atoms with E-state index in [4.69, 9.17) is 14.2 Å². The van der Waals surface area contributed by atoms with Gasteiger partial charge in [-0.05, 0) is 122 Å². The van der Waals surface area contributed by atoms with Crippen molar-refractivity contribution in [2.24, 2.45) is 0 Å². The van der Waals surface area contributed by atoms with E-state index in [1.807, 2.05) is 0 Å². The van der Waals surface area contributed by atoms with Crippen LogP contribution < -0.4 is 0 Å². The Balaban J connectivity index is 4.22. The number of rotatable bonds is 62. The van der Waals surface area contributed by atoms with Gasteiger partial charge in [-0.1, -0.05) is 297 Å². The highest BCUT2D eigenvalue weighted by Gasteiger charge is 2.19. The summed E-state index contributed by atoms with van der Waals surface area (Å²) in [5, 5.41) is 0. The molecule has 464 valence electrons. The average Bonchev–Trinajstić information content (AvgIpc) is 3.46. The van der Waals surface area contributed by atoms with Gasteiger partial charge in [0.1, 0.15) is 13.2 Å². The van der Waals surface area contributed by atoms with E-state index in [-0.39, 0.29) is 31.1 Å². The highest BCUT2D eigenvalue weighted by molar-refractivity contribution is 5.71. The summed E-state index contributed by atoms with van der Waals surface area (Å²) in [5.41, 5.74) is 0. The predicted molar refractivity (Wildman–Crippen MR) is 353 cm³/mol. The lowest BCUT2D eigenvalue weighted by molar-refractivity contribution is -0.167. The number of esters is 3. The first-order chi connectivity index (χ1) is 40.0. The maximum absolute atomic E-state index is 12.9. The molecule has 0 aromatic rings. The first-order valence-electron chi connectivity index (χ1n) is 34.4. The molecule has 0 saturated heterocycles. The molecule has 0 heterocycles. The molecule has 0 saturated carbocycles. The molecule has 0 spiro atoms. The molecule has 0 aliphatic rings. The summed E-state index contributed by atoms with van der Waals surface area (Å²) < 4.78 is 16.9. The summed E-state index contributed by atoms with van der Waals surface area (Å²) in [7, 11) is 0. The Bertz CT molecular complexity index is 1620. The zero-order valence-electron chi connectivity index (χ0n) is 53.3. The zero-order valence-corrected chi connectivity index (χ0v) is 53.3. The monoisotopic (exact) mass is 1120 g/mol. The molecule has 0 aromatic heterocycles. The van der Waals surface area contributed by atoms with Crippen LogP contribution in [0.3, 0.4) is 0 Å². The Morgan fingerprint density at radius 3 is 0.765 bits per heavy atom. The van der Waals surface area contributed by atoms with E-state index >= 15 is 0 Å². The number of ether oxygens (including phenoxy) is 3. The van der Waals surface area contributed by atoms with E-state index in [1.165, 1.54) is 173 Å². The topological polar surface area (TPSA) is 78.9 Å². The van der Waals surface area contributed by atoms with Gasteiger partial charge in [0.05, 0.1) is 0 Å². The summed E-state index contributed by atoms with van der Waals surface area (Å²) in [6.07, 6.45) is 94.1. The lowest BCUT2D eigenvalue weighted by Gasteiger charge is -2.18. The van der Waals surface area contributed by atoms with Gasteiger partial charge in [-0.2, -0.15) is 0 Å². The minimum Gasteiger partial charge on any atom is -0.462 e. The number of hydrogen-bond donors (Lipinski definition) is 0. The molecular weight excluding hydrogens is 997 g/mol. The van der Waals surface area contributed by atoms with Crippen molar-refractivity contribution in [2.45, 2.75) is 335 Å². The van der Waals surface area contributed by atoms with Gasteiger partial charge in [0.15, 0.2) is 6.10 Å². The average molecular weight is 1130 g/mol. The summed E-state index contributed by atoms with van der Waals surface area (Å²) in [4.78, 5) is 38.4. The number of carbonyl (C=O) groups excluding carboxylic acids is 3. The maximum Gasteiger partial charge on any atom is 0.306 e. The van der Waals surface area contributed by atoms with Crippen molar-refractivity contribution >= 4 is 17.9 Å². The van der Waals surface area contributed by atoms with Crippen molar-refractivity contribution in [2.75, 3.05) is 13.2 Å². The Kier molecular flexibility index (Phi) is 65.2. The summed E-state index contributed by atoms with van der Waals surface area (Å²) >= 11 is 0. The molecule has 1 atom stereocenters. The summed E-state index contributed by atoms with van der Waals surface area (Å²) in [6.45, 7) is 6.39. The van der Waals surface area contributed by atoms with E-state index in [1.54, 1.807) is 0 Å². The lowest BCUT2D eigenvalue weighted by Crippen LogP contribution is -2.30. The molecule has 0 N–H and O–H groups in total. The fourth-order valence-electron chi connectivity index (χ4n) is 9.66. The van der Waals surface area contributed by atoms with E-state index < -0.39 is 6.10 Å². The van der Waals surface area contributed by atoms with Gasteiger partial charge in [-0.15, -0.1) is 0 Å². The van der Waals surface area contributed by atoms with Crippen LogP contribution in [-0.2, 0) is 28.6 Å². The molecule has 0 aliphatic carbocycles. The van der Waals surface area contributed by atoms with Crippen molar-refractivity contribution in [1.82, 2.24) is 0 Å². The quantitative estimate of drug-likeness (QED) is 0.0261. The second-order valence-electron chi connectivity index (χ2n) is 22.7. The smallest absolute Gasteiger partial charge is 0.306 e. The Hall–Kier alpha value is -3.93. The van der Waals surface area contributed by atoms with Crippen LogP contribution in [0.1, 0.15) is 329 Å². The number of allylic oxidation sites excluding steroid dienone is 18. The second kappa shape index (κ2) is 68.6. The summed E-state index contributed by atoms with van der Waals surface area (Å²) in [5.74, 6) is -0.910. The van der Waals surface area contributed by atoms with E-state index in [2.05, 4.69) is 130 Å². The van der Waals surface area contributed by atoms with Gasteiger partial charge in [-0.25, -0.2) is 0 Å². The molecular formula is C75H128O6. The SMILES string of the molecule is CC/C=C\C/C=C\C/C=C\C/C=C\CCCCCCCCCCCCCCCCCCCCC(=O)OCC(COC(=O)CCCCC/C=C\C/C=C\C/C=C\CC)OC(=O)CCCCCCCCCCC/C=C\C/C=C\CCCCC. The van der Waals surface area contributed by atoms with Gasteiger partial charge in [0.2, 0.25) is 0 Å². The molecule has 0 fully saturated rings. The van der Waals surface area contributed by atoms with Gasteiger partial charge in [-0.3, -0.25) is 14.4 Å². The Morgan fingerprint density at radius 1 is 0.259 bits per heavy atom. The minimum absolute atomic E-state index is 0.0870. The molecule has 0 aromatic carbocycles. The van der Waals surface area contributed by atoms with Crippen LogP contribution in [0.4, 0.5) is 0 Å². The molecule has 0 rings (SSSR count). The highest BCUT2D eigenvalue weighted by atomic mass is 16.6. The van der Waals surface area contributed by atoms with Crippen LogP contribution in [0.5, 0.6) is 0 Å². The molecule has 81 heavy (non-hydrogen) atoms. The molecule has 0 bridgehead atoms. The Labute approximate surface area is 501 Å². The van der Waals surface area contributed by atoms with Crippen molar-refractivity contribution in [1.29, 1.82) is 0 Å². The number of hydrogen-bond acceptors (Lipinski definition) is 6. The fourth-order valence-corrected chi connectivity index (χ4v) is 9.66. The van der Waals surface area contributed by atoms with E-state index in [0.29, 0.717) is 19.3 Å². The van der Waals surface area contributed by atoms with Crippen LogP contribution in [0.15, 0.2) is 109 Å². The first kappa shape index (κ1) is 77.1. The molecule has 6 nitrogen and oxygen atoms in total. The molecule has 0 radical (unpaired) electrons. The Morgan fingerprint density at radius 2 is 0.481 bits per heavy atom. The van der Waals surface area contributed by atoms with Crippen LogP contribution in [-0.4, -0.2) is 37.2 Å². The van der Waals surface area contributed by atoms with Crippen LogP contribution in [0.2, 0.25) is 0 Å². The predicted octanol–water partition coefficient (Wildman–Crippen LogP) is 23.8. The third-order valence-corrected chi connectivity index (χ3v) is 14.7. The van der Waals surface area contributed by atoms with Gasteiger partial charge in [0.25, 0.3) is 0 Å². The minimum atomic E-state index is -0.793. The highest BCUT2D eigenvalue weighted by Crippen LogP contribution is 2.17. The molecule has 1 unspecified atom stereocenters. The van der Waals surface area contributed by atoms with Crippen molar-refractivity contribution in [3.63, 3.8) is 0 Å². The lowest BCUT2D eigenvalue weighted by atomic mass is 10.0. The largest absolute Gasteiger partial charge is 0.462 e. The van der Waals surface area contributed by atoms with Crippen molar-refractivity contribution < 1.29 is 28.6 Å². The van der Waals surface area contributed by atoms with Gasteiger partial charge in [0, 0.05) is 19.3 Å². The fraction of sp³-hybridized carbons (Fsp3) is 0.720. The maximum atomic E-state index is 12.9. The van der Waals surface area contributed by atoms with Crippen LogP contribution in [0.25, 0.3) is 0 Å². The normalized spacial score (nSPS) is 12.8. The number of unbranched alkanes of at least 4 members (excludes halogenated alkanes) is 33. The third kappa shape index (κ3) is 66.8. The van der Waals surface area contributed by atoms with Crippen LogP contribution in [0, 0.1) is 0 Å². The van der Waals surface area contributed by atoms with E-state index in [0.717, 1.165) is 116 Å². The molecule has 0 amide bonds.